The van der Waals surface area contributed by atoms with Crippen LogP contribution in [0.4, 0.5) is 4.79 Å². The van der Waals surface area contributed by atoms with Crippen LogP contribution in [0.25, 0.3) is 0 Å². The molecule has 70 valence electrons. The number of rotatable bonds is 4. The Balaban J connectivity index is 3.38. The van der Waals surface area contributed by atoms with Crippen molar-refractivity contribution in [2.75, 3.05) is 6.61 Å². The number of carbonyl (C=O) groups is 2. The maximum absolute atomic E-state index is 10.6. The summed E-state index contributed by atoms with van der Waals surface area (Å²) in [6.45, 7) is 3.01. The standard InChI is InChI=1S/C6H12N2O4/c1-4(2)12-6(10)8-11-3-5(7)9/h4H,3H2,1-2H3,(H2,7,9)(H,8,10). The molecule has 6 nitrogen and oxygen atoms in total. The highest BCUT2D eigenvalue weighted by Gasteiger charge is 2.04. The molecule has 0 fully saturated rings. The van der Waals surface area contributed by atoms with Gasteiger partial charge in [0.1, 0.15) is 0 Å². The van der Waals surface area contributed by atoms with Crippen molar-refractivity contribution in [1.82, 2.24) is 5.48 Å². The average Bonchev–Trinajstić information content (AvgIpc) is 1.84. The highest BCUT2D eigenvalue weighted by molar-refractivity contribution is 5.75. The van der Waals surface area contributed by atoms with Crippen molar-refractivity contribution in [3.8, 4) is 0 Å². The normalized spacial score (nSPS) is 9.58. The van der Waals surface area contributed by atoms with E-state index >= 15 is 0 Å². The molecule has 0 aliphatic rings. The molecule has 0 radical (unpaired) electrons. The van der Waals surface area contributed by atoms with Gasteiger partial charge in [0, 0.05) is 0 Å². The van der Waals surface area contributed by atoms with Gasteiger partial charge in [-0.2, -0.15) is 5.48 Å². The zero-order valence-electron chi connectivity index (χ0n) is 6.99. The minimum Gasteiger partial charge on any atom is -0.445 e. The van der Waals surface area contributed by atoms with Gasteiger partial charge >= 0.3 is 6.09 Å². The minimum atomic E-state index is -0.744. The van der Waals surface area contributed by atoms with Gasteiger partial charge in [0.2, 0.25) is 5.91 Å². The van der Waals surface area contributed by atoms with Gasteiger partial charge in [0.25, 0.3) is 0 Å². The van der Waals surface area contributed by atoms with E-state index in [0.717, 1.165) is 0 Å². The number of nitrogens with two attached hydrogens (primary N) is 1. The van der Waals surface area contributed by atoms with Crippen molar-refractivity contribution in [1.29, 1.82) is 0 Å². The molecule has 0 aliphatic carbocycles. The molecular weight excluding hydrogens is 164 g/mol. The molecule has 0 atom stereocenters. The molecule has 2 amide bonds. The van der Waals surface area contributed by atoms with E-state index in [0.29, 0.717) is 0 Å². The van der Waals surface area contributed by atoms with E-state index in [1.54, 1.807) is 13.8 Å². The van der Waals surface area contributed by atoms with Gasteiger partial charge < -0.3 is 10.5 Å². The molecule has 0 unspecified atom stereocenters. The second-order valence-electron chi connectivity index (χ2n) is 2.31. The van der Waals surface area contributed by atoms with Crippen molar-refractivity contribution in [3.05, 3.63) is 0 Å². The number of nitrogens with one attached hydrogen (secondary N) is 1. The second kappa shape index (κ2) is 5.36. The minimum absolute atomic E-state index is 0.234. The van der Waals surface area contributed by atoms with Crippen LogP contribution in [0.1, 0.15) is 13.8 Å². The van der Waals surface area contributed by atoms with E-state index in [2.05, 4.69) is 9.57 Å². The zero-order valence-corrected chi connectivity index (χ0v) is 6.99. The monoisotopic (exact) mass is 176 g/mol. The molecule has 12 heavy (non-hydrogen) atoms. The van der Waals surface area contributed by atoms with E-state index in [-0.39, 0.29) is 12.7 Å². The predicted molar refractivity (Wildman–Crippen MR) is 39.9 cm³/mol. The largest absolute Gasteiger partial charge is 0.445 e. The van der Waals surface area contributed by atoms with E-state index < -0.39 is 12.0 Å². The van der Waals surface area contributed by atoms with Crippen LogP contribution in [0.15, 0.2) is 0 Å². The van der Waals surface area contributed by atoms with Gasteiger partial charge in [0.05, 0.1) is 6.10 Å². The fourth-order valence-corrected chi connectivity index (χ4v) is 0.404. The summed E-state index contributed by atoms with van der Waals surface area (Å²) in [4.78, 5) is 25.1. The molecule has 0 aliphatic heterocycles. The molecule has 6 heteroatoms. The number of hydrogen-bond acceptors (Lipinski definition) is 4. The fraction of sp³-hybridized carbons (Fsp3) is 0.667. The Hall–Kier alpha value is -1.30. The summed E-state index contributed by atoms with van der Waals surface area (Å²) in [6.07, 6.45) is -0.978. The molecule has 0 heterocycles. The predicted octanol–water partition coefficient (Wildman–Crippen LogP) is -0.462. The van der Waals surface area contributed by atoms with Crippen molar-refractivity contribution >= 4 is 12.0 Å². The van der Waals surface area contributed by atoms with Crippen LogP contribution in [0.3, 0.4) is 0 Å². The van der Waals surface area contributed by atoms with E-state index in [1.165, 1.54) is 0 Å². The molecule has 0 saturated carbocycles. The Bertz CT molecular complexity index is 169. The first-order valence-electron chi connectivity index (χ1n) is 3.39. The van der Waals surface area contributed by atoms with Crippen LogP contribution < -0.4 is 11.2 Å². The Kier molecular flexibility index (Phi) is 4.78. The molecular formula is C6H12N2O4. The summed E-state index contributed by atoms with van der Waals surface area (Å²) in [5.74, 6) is -0.667. The molecule has 0 aromatic heterocycles. The Morgan fingerprint density at radius 3 is 2.50 bits per heavy atom. The molecule has 0 aromatic rings. The zero-order chi connectivity index (χ0) is 9.56. The van der Waals surface area contributed by atoms with Gasteiger partial charge in [-0.3, -0.25) is 9.63 Å². The lowest BCUT2D eigenvalue weighted by atomic mass is 10.5. The summed E-state index contributed by atoms with van der Waals surface area (Å²) in [5, 5.41) is 0. The third-order valence-corrected chi connectivity index (χ3v) is 0.713. The van der Waals surface area contributed by atoms with Crippen LogP contribution >= 0.6 is 0 Å². The van der Waals surface area contributed by atoms with Crippen LogP contribution in [-0.4, -0.2) is 24.7 Å². The molecule has 0 rings (SSSR count). The lowest BCUT2D eigenvalue weighted by Gasteiger charge is -2.07. The Morgan fingerprint density at radius 1 is 1.50 bits per heavy atom. The molecule has 0 saturated heterocycles. The fourth-order valence-electron chi connectivity index (χ4n) is 0.404. The number of primary amides is 1. The molecule has 0 spiro atoms. The van der Waals surface area contributed by atoms with Crippen LogP contribution in [0.5, 0.6) is 0 Å². The first-order chi connectivity index (χ1) is 5.52. The number of amides is 2. The third kappa shape index (κ3) is 6.81. The lowest BCUT2D eigenvalue weighted by Crippen LogP contribution is -2.31. The van der Waals surface area contributed by atoms with Crippen LogP contribution in [0.2, 0.25) is 0 Å². The van der Waals surface area contributed by atoms with Crippen molar-refractivity contribution in [3.63, 3.8) is 0 Å². The highest BCUT2D eigenvalue weighted by atomic mass is 16.7. The maximum Gasteiger partial charge on any atom is 0.431 e. The van der Waals surface area contributed by atoms with Crippen molar-refractivity contribution in [2.45, 2.75) is 20.0 Å². The molecule has 0 bridgehead atoms. The number of hydroxylamine groups is 1. The SMILES string of the molecule is CC(C)OC(=O)NOCC(N)=O. The number of hydrogen-bond donors (Lipinski definition) is 2. The quantitative estimate of drug-likeness (QED) is 0.567. The van der Waals surface area contributed by atoms with E-state index in [9.17, 15) is 9.59 Å². The van der Waals surface area contributed by atoms with Crippen molar-refractivity contribution in [2.24, 2.45) is 5.73 Å². The van der Waals surface area contributed by atoms with E-state index in [1.807, 2.05) is 5.48 Å². The van der Waals surface area contributed by atoms with E-state index in [4.69, 9.17) is 5.73 Å². The maximum atomic E-state index is 10.6. The lowest BCUT2D eigenvalue weighted by molar-refractivity contribution is -0.124. The van der Waals surface area contributed by atoms with Crippen molar-refractivity contribution < 1.29 is 19.2 Å². The summed E-state index contributed by atoms with van der Waals surface area (Å²) in [7, 11) is 0. The van der Waals surface area contributed by atoms with Gasteiger partial charge in [-0.1, -0.05) is 0 Å². The third-order valence-electron chi connectivity index (χ3n) is 0.713. The summed E-state index contributed by atoms with van der Waals surface area (Å²) >= 11 is 0. The average molecular weight is 176 g/mol. The van der Waals surface area contributed by atoms with Gasteiger partial charge in [-0.15, -0.1) is 0 Å². The summed E-state index contributed by atoms with van der Waals surface area (Å²) in [6, 6.07) is 0. The molecule has 0 aromatic carbocycles. The van der Waals surface area contributed by atoms with Crippen LogP contribution in [0, 0.1) is 0 Å². The Morgan fingerprint density at radius 2 is 2.08 bits per heavy atom. The Labute approximate surface area is 70.0 Å². The molecule has 3 N–H and O–H groups in total. The second-order valence-corrected chi connectivity index (χ2v) is 2.31. The number of ether oxygens (including phenoxy) is 1. The number of carbonyl (C=O) groups excluding carboxylic acids is 2. The topological polar surface area (TPSA) is 90.7 Å². The van der Waals surface area contributed by atoms with Gasteiger partial charge in [0.15, 0.2) is 6.61 Å². The summed E-state index contributed by atoms with van der Waals surface area (Å²) in [5.41, 5.74) is 6.61. The smallest absolute Gasteiger partial charge is 0.431 e. The first kappa shape index (κ1) is 10.7. The summed E-state index contributed by atoms with van der Waals surface area (Å²) < 4.78 is 4.60. The van der Waals surface area contributed by atoms with Gasteiger partial charge in [-0.05, 0) is 13.8 Å². The first-order valence-corrected chi connectivity index (χ1v) is 3.39. The highest BCUT2D eigenvalue weighted by Crippen LogP contribution is 1.87. The van der Waals surface area contributed by atoms with Crippen LogP contribution in [-0.2, 0) is 14.4 Å². The van der Waals surface area contributed by atoms with Gasteiger partial charge in [-0.25, -0.2) is 4.79 Å².